The van der Waals surface area contributed by atoms with E-state index in [0.29, 0.717) is 23.1 Å². The Balaban J connectivity index is 0.734. The molecule has 7 heterocycles. The van der Waals surface area contributed by atoms with Crippen LogP contribution in [-0.2, 0) is 9.59 Å². The lowest BCUT2D eigenvalue weighted by atomic mass is 9.92. The van der Waals surface area contributed by atoms with E-state index in [0.717, 1.165) is 116 Å². The minimum atomic E-state index is -0.952. The highest BCUT2D eigenvalue weighted by atomic mass is 16.2. The molecule has 14 nitrogen and oxygen atoms in total. The molecule has 5 aliphatic heterocycles. The summed E-state index contributed by atoms with van der Waals surface area (Å²) < 4.78 is 0. The molecule has 2 aromatic heterocycles. The number of nitrogens with two attached hydrogens (primary N) is 1. The normalized spacial score (nSPS) is 22.4. The maximum atomic E-state index is 13.3. The standard InChI is InChI=1S/C40H46N10O4/c41-27-1-4-33-32(22-27)37(45-44-33)26-7-12-42-35(21-26)49-19-17-46(18-20-49)24-25-8-13-47(14-9-25)28-10-15-48(16-11-28)29-2-3-30-31(23-29)40(54)50(39(30)53)34-5-6-36(51)43-38(34)52/h1-4,7,12,21-23,25,28,34H,5-6,8-11,13-20,24,41H2,(H,44,45)(H,43,51,52). The fraction of sp³-hybridized carbons (Fsp3) is 0.450. The van der Waals surface area contributed by atoms with Gasteiger partial charge in [-0.1, -0.05) is 0 Å². The summed E-state index contributed by atoms with van der Waals surface area (Å²) in [5.41, 5.74) is 11.3. The number of amides is 4. The fourth-order valence-electron chi connectivity index (χ4n) is 9.16. The number of anilines is 3. The van der Waals surface area contributed by atoms with Crippen LogP contribution >= 0.6 is 0 Å². The van der Waals surface area contributed by atoms with Gasteiger partial charge < -0.3 is 20.4 Å². The van der Waals surface area contributed by atoms with Crippen LogP contribution in [0.2, 0.25) is 0 Å². The van der Waals surface area contributed by atoms with Crippen LogP contribution in [0, 0.1) is 5.92 Å². The number of carbonyl (C=O) groups excluding carboxylic acids is 4. The minimum Gasteiger partial charge on any atom is -0.399 e. The van der Waals surface area contributed by atoms with Gasteiger partial charge in [0.1, 0.15) is 17.6 Å². The molecule has 0 radical (unpaired) electrons. The van der Waals surface area contributed by atoms with Crippen molar-refractivity contribution in [2.45, 2.75) is 50.6 Å². The van der Waals surface area contributed by atoms with Crippen molar-refractivity contribution in [1.82, 2.24) is 35.2 Å². The van der Waals surface area contributed by atoms with Crippen molar-refractivity contribution < 1.29 is 19.2 Å². The van der Waals surface area contributed by atoms with E-state index in [2.05, 4.69) is 41.2 Å². The van der Waals surface area contributed by atoms with Crippen molar-refractivity contribution in [3.05, 3.63) is 65.9 Å². The van der Waals surface area contributed by atoms with Gasteiger partial charge in [-0.25, -0.2) is 4.98 Å². The van der Waals surface area contributed by atoms with Crippen LogP contribution in [0.15, 0.2) is 54.7 Å². The first-order valence-corrected chi connectivity index (χ1v) is 19.3. The zero-order valence-corrected chi connectivity index (χ0v) is 30.4. The number of aromatic amines is 1. The van der Waals surface area contributed by atoms with Crippen LogP contribution in [0.3, 0.4) is 0 Å². The summed E-state index contributed by atoms with van der Waals surface area (Å²) in [7, 11) is 0. The van der Waals surface area contributed by atoms with Gasteiger partial charge in [0, 0.05) is 86.8 Å². The van der Waals surface area contributed by atoms with E-state index in [9.17, 15) is 19.2 Å². The molecule has 14 heteroatoms. The molecule has 0 spiro atoms. The monoisotopic (exact) mass is 730 g/mol. The number of piperazine rings is 1. The van der Waals surface area contributed by atoms with Gasteiger partial charge in [-0.15, -0.1) is 0 Å². The molecular weight excluding hydrogens is 685 g/mol. The number of nitrogens with one attached hydrogen (secondary N) is 2. The molecule has 4 amide bonds. The summed E-state index contributed by atoms with van der Waals surface area (Å²) in [5, 5.41) is 11.0. The van der Waals surface area contributed by atoms with Crippen LogP contribution in [-0.4, -0.2) is 124 Å². The van der Waals surface area contributed by atoms with E-state index in [1.165, 1.54) is 12.8 Å². The van der Waals surface area contributed by atoms with Gasteiger partial charge in [0.25, 0.3) is 11.8 Å². The molecule has 2 aromatic carbocycles. The lowest BCUT2D eigenvalue weighted by molar-refractivity contribution is -0.136. The number of pyridine rings is 1. The van der Waals surface area contributed by atoms with Crippen molar-refractivity contribution in [3.63, 3.8) is 0 Å². The number of carbonyl (C=O) groups is 4. The highest BCUT2D eigenvalue weighted by molar-refractivity contribution is 6.23. The molecule has 280 valence electrons. The van der Waals surface area contributed by atoms with Gasteiger partial charge in [0.15, 0.2) is 0 Å². The smallest absolute Gasteiger partial charge is 0.262 e. The van der Waals surface area contributed by atoms with Crippen molar-refractivity contribution >= 4 is 51.7 Å². The number of piperidine rings is 3. The second-order valence-corrected chi connectivity index (χ2v) is 15.4. The summed E-state index contributed by atoms with van der Waals surface area (Å²) in [4.78, 5) is 66.3. The number of nitrogens with zero attached hydrogens (tertiary/aromatic N) is 7. The van der Waals surface area contributed by atoms with Crippen LogP contribution < -0.4 is 20.9 Å². The Morgan fingerprint density at radius 2 is 1.54 bits per heavy atom. The van der Waals surface area contributed by atoms with E-state index in [4.69, 9.17) is 10.7 Å². The summed E-state index contributed by atoms with van der Waals surface area (Å²) >= 11 is 0. The third-order valence-electron chi connectivity index (χ3n) is 12.2. The van der Waals surface area contributed by atoms with Crippen molar-refractivity contribution in [2.75, 3.05) is 74.4 Å². The molecule has 0 saturated carbocycles. The number of hydrogen-bond acceptors (Lipinski definition) is 11. The summed E-state index contributed by atoms with van der Waals surface area (Å²) in [6.45, 7) is 9.15. The topological polar surface area (TPSA) is 164 Å². The first-order valence-electron chi connectivity index (χ1n) is 19.3. The van der Waals surface area contributed by atoms with Crippen LogP contribution in [0.5, 0.6) is 0 Å². The van der Waals surface area contributed by atoms with E-state index < -0.39 is 23.8 Å². The summed E-state index contributed by atoms with van der Waals surface area (Å²) in [6, 6.07) is 15.0. The largest absolute Gasteiger partial charge is 0.399 e. The van der Waals surface area contributed by atoms with Crippen LogP contribution in [0.25, 0.3) is 22.2 Å². The van der Waals surface area contributed by atoms with Gasteiger partial charge in [-0.2, -0.15) is 5.10 Å². The zero-order valence-electron chi connectivity index (χ0n) is 30.4. The number of hydrogen-bond donors (Lipinski definition) is 3. The number of benzene rings is 2. The second-order valence-electron chi connectivity index (χ2n) is 15.4. The van der Waals surface area contributed by atoms with Gasteiger partial charge in [0.05, 0.1) is 16.6 Å². The SMILES string of the molecule is Nc1ccc2[nH]nc(-c3ccnc(N4CCN(CC5CCN(C6CCN(c7ccc8c(c7)C(=O)N(C7CCC(=O)NC7=O)C8=O)CC6)CC5)CC4)c3)c2c1. The number of aromatic nitrogens is 3. The Hall–Kier alpha value is -5.34. The average Bonchev–Trinajstić information content (AvgIpc) is 3.72. The highest BCUT2D eigenvalue weighted by Gasteiger charge is 2.45. The second kappa shape index (κ2) is 14.1. The molecule has 4 aromatic rings. The molecule has 5 aliphatic rings. The average molecular weight is 731 g/mol. The Morgan fingerprint density at radius 3 is 2.31 bits per heavy atom. The molecule has 54 heavy (non-hydrogen) atoms. The molecule has 0 bridgehead atoms. The number of nitrogen functional groups attached to an aromatic ring is 1. The predicted octanol–water partition coefficient (Wildman–Crippen LogP) is 3.11. The molecular formula is C40H46N10O4. The number of likely N-dealkylation sites (tertiary alicyclic amines) is 1. The van der Waals surface area contributed by atoms with Gasteiger partial charge in [-0.05, 0) is 99.6 Å². The molecule has 1 unspecified atom stereocenters. The Morgan fingerprint density at radius 1 is 0.759 bits per heavy atom. The third kappa shape index (κ3) is 6.47. The fourth-order valence-corrected chi connectivity index (χ4v) is 9.16. The molecule has 4 saturated heterocycles. The molecule has 1 atom stereocenters. The van der Waals surface area contributed by atoms with Gasteiger partial charge >= 0.3 is 0 Å². The maximum Gasteiger partial charge on any atom is 0.262 e. The molecule has 4 fully saturated rings. The molecule has 9 rings (SSSR count). The first kappa shape index (κ1) is 34.4. The lowest BCUT2D eigenvalue weighted by Crippen LogP contribution is -2.54. The van der Waals surface area contributed by atoms with E-state index in [1.807, 2.05) is 36.5 Å². The van der Waals surface area contributed by atoms with Gasteiger partial charge in [0.2, 0.25) is 11.8 Å². The van der Waals surface area contributed by atoms with E-state index in [1.54, 1.807) is 12.1 Å². The molecule has 4 N–H and O–H groups in total. The Labute approximate surface area is 313 Å². The number of imide groups is 2. The van der Waals surface area contributed by atoms with E-state index in [-0.39, 0.29) is 18.7 Å². The highest BCUT2D eigenvalue weighted by Crippen LogP contribution is 2.34. The number of rotatable bonds is 7. The summed E-state index contributed by atoms with van der Waals surface area (Å²) in [5.74, 6) is -0.193. The minimum absolute atomic E-state index is 0.108. The number of fused-ring (bicyclic) bond motifs is 2. The van der Waals surface area contributed by atoms with Crippen LogP contribution in [0.4, 0.5) is 17.2 Å². The number of H-pyrrole nitrogens is 1. The molecule has 0 aliphatic carbocycles. The van der Waals surface area contributed by atoms with Crippen molar-refractivity contribution in [3.8, 4) is 11.3 Å². The van der Waals surface area contributed by atoms with Crippen LogP contribution in [0.1, 0.15) is 59.2 Å². The Bertz CT molecular complexity index is 2110. The van der Waals surface area contributed by atoms with E-state index >= 15 is 0 Å². The quantitative estimate of drug-likeness (QED) is 0.189. The maximum absolute atomic E-state index is 13.3. The first-order chi connectivity index (χ1) is 26.3. The lowest BCUT2D eigenvalue weighted by Gasteiger charge is -2.43. The Kier molecular flexibility index (Phi) is 9.02. The zero-order chi connectivity index (χ0) is 36.9. The van der Waals surface area contributed by atoms with Gasteiger partial charge in [-0.3, -0.25) is 39.4 Å². The van der Waals surface area contributed by atoms with Crippen molar-refractivity contribution in [2.24, 2.45) is 5.92 Å². The summed E-state index contributed by atoms with van der Waals surface area (Å²) in [6.07, 6.45) is 6.68. The predicted molar refractivity (Wildman–Crippen MR) is 205 cm³/mol. The van der Waals surface area contributed by atoms with Crippen molar-refractivity contribution in [1.29, 1.82) is 0 Å². The third-order valence-corrected chi connectivity index (χ3v) is 12.2.